The standard InChI is InChI=1S/C12H18ClNOS/c1-3-11(8-16-2)14-7-9-6-10(13)4-5-12(9)15/h4-6,11,14-15H,3,7-8H2,1-2H3. The zero-order valence-corrected chi connectivity index (χ0v) is 11.2. The van der Waals surface area contributed by atoms with Gasteiger partial charge in [0.1, 0.15) is 5.75 Å². The van der Waals surface area contributed by atoms with Crippen LogP contribution >= 0.6 is 23.4 Å². The second kappa shape index (κ2) is 7.05. The molecule has 0 aromatic heterocycles. The third-order valence-corrected chi connectivity index (χ3v) is 3.45. The van der Waals surface area contributed by atoms with Crippen molar-refractivity contribution in [3.8, 4) is 5.75 Å². The molecule has 2 nitrogen and oxygen atoms in total. The van der Waals surface area contributed by atoms with Crippen LogP contribution in [0.1, 0.15) is 18.9 Å². The summed E-state index contributed by atoms with van der Waals surface area (Å²) in [6.07, 6.45) is 3.18. The van der Waals surface area contributed by atoms with Crippen LogP contribution in [0.2, 0.25) is 5.02 Å². The summed E-state index contributed by atoms with van der Waals surface area (Å²) in [5, 5.41) is 13.7. The Labute approximate surface area is 106 Å². The maximum absolute atomic E-state index is 9.65. The summed E-state index contributed by atoms with van der Waals surface area (Å²) in [5.41, 5.74) is 0.854. The minimum Gasteiger partial charge on any atom is -0.508 e. The van der Waals surface area contributed by atoms with Crippen LogP contribution < -0.4 is 5.32 Å². The molecule has 0 aliphatic carbocycles. The Bertz CT molecular complexity index is 333. The summed E-state index contributed by atoms with van der Waals surface area (Å²) in [4.78, 5) is 0. The second-order valence-electron chi connectivity index (χ2n) is 3.71. The van der Waals surface area contributed by atoms with E-state index in [1.807, 2.05) is 11.8 Å². The van der Waals surface area contributed by atoms with Gasteiger partial charge in [-0.3, -0.25) is 0 Å². The molecule has 0 spiro atoms. The normalized spacial score (nSPS) is 12.7. The third-order valence-electron chi connectivity index (χ3n) is 2.48. The summed E-state index contributed by atoms with van der Waals surface area (Å²) in [6.45, 7) is 2.82. The molecule has 16 heavy (non-hydrogen) atoms. The number of hydrogen-bond acceptors (Lipinski definition) is 3. The van der Waals surface area contributed by atoms with Gasteiger partial charge >= 0.3 is 0 Å². The maximum atomic E-state index is 9.65. The van der Waals surface area contributed by atoms with E-state index in [1.54, 1.807) is 18.2 Å². The number of thioether (sulfide) groups is 1. The van der Waals surface area contributed by atoms with Crippen LogP contribution in [0.25, 0.3) is 0 Å². The Morgan fingerprint density at radius 1 is 1.50 bits per heavy atom. The zero-order valence-electron chi connectivity index (χ0n) is 9.66. The van der Waals surface area contributed by atoms with E-state index < -0.39 is 0 Å². The molecule has 0 saturated heterocycles. The Hall–Kier alpha value is -0.380. The third kappa shape index (κ3) is 4.24. The van der Waals surface area contributed by atoms with Crippen LogP contribution in [0.3, 0.4) is 0 Å². The van der Waals surface area contributed by atoms with Crippen molar-refractivity contribution >= 4 is 23.4 Å². The molecule has 1 unspecified atom stereocenters. The lowest BCUT2D eigenvalue weighted by atomic mass is 10.2. The first-order valence-corrected chi connectivity index (χ1v) is 7.14. The van der Waals surface area contributed by atoms with Gasteiger partial charge in [-0.05, 0) is 30.9 Å². The van der Waals surface area contributed by atoms with Crippen molar-refractivity contribution in [2.24, 2.45) is 0 Å². The van der Waals surface area contributed by atoms with Crippen molar-refractivity contribution in [2.45, 2.75) is 25.9 Å². The van der Waals surface area contributed by atoms with Crippen LogP contribution in [-0.2, 0) is 6.54 Å². The number of benzene rings is 1. The van der Waals surface area contributed by atoms with Crippen molar-refractivity contribution < 1.29 is 5.11 Å². The molecule has 0 amide bonds. The highest BCUT2D eigenvalue weighted by Gasteiger charge is 2.07. The first-order chi connectivity index (χ1) is 7.67. The van der Waals surface area contributed by atoms with Gasteiger partial charge in [-0.2, -0.15) is 11.8 Å². The molecule has 1 aromatic carbocycles. The van der Waals surface area contributed by atoms with Gasteiger partial charge in [-0.25, -0.2) is 0 Å². The molecule has 0 radical (unpaired) electrons. The fourth-order valence-corrected chi connectivity index (χ4v) is 2.42. The first-order valence-electron chi connectivity index (χ1n) is 5.37. The van der Waals surface area contributed by atoms with Gasteiger partial charge in [0.25, 0.3) is 0 Å². The monoisotopic (exact) mass is 259 g/mol. The average molecular weight is 260 g/mol. The van der Waals surface area contributed by atoms with Crippen molar-refractivity contribution in [1.29, 1.82) is 0 Å². The maximum Gasteiger partial charge on any atom is 0.120 e. The van der Waals surface area contributed by atoms with Gasteiger partial charge < -0.3 is 10.4 Å². The van der Waals surface area contributed by atoms with E-state index >= 15 is 0 Å². The molecular weight excluding hydrogens is 242 g/mol. The molecule has 0 aliphatic heterocycles. The van der Waals surface area contributed by atoms with Gasteiger partial charge in [-0.1, -0.05) is 18.5 Å². The lowest BCUT2D eigenvalue weighted by Crippen LogP contribution is -2.30. The van der Waals surface area contributed by atoms with Gasteiger partial charge in [0.15, 0.2) is 0 Å². The molecule has 1 atom stereocenters. The lowest BCUT2D eigenvalue weighted by molar-refractivity contribution is 0.458. The fourth-order valence-electron chi connectivity index (χ4n) is 1.47. The Morgan fingerprint density at radius 2 is 2.25 bits per heavy atom. The van der Waals surface area contributed by atoms with Crippen LogP contribution in [-0.4, -0.2) is 23.2 Å². The molecular formula is C12H18ClNOS. The minimum atomic E-state index is 0.302. The molecule has 0 aliphatic rings. The van der Waals surface area contributed by atoms with Gasteiger partial charge in [0.05, 0.1) is 0 Å². The van der Waals surface area contributed by atoms with E-state index in [9.17, 15) is 5.11 Å². The molecule has 1 aromatic rings. The number of hydrogen-bond donors (Lipinski definition) is 2. The predicted octanol–water partition coefficient (Wildman–Crippen LogP) is 3.28. The second-order valence-corrected chi connectivity index (χ2v) is 5.06. The van der Waals surface area contributed by atoms with Crippen molar-refractivity contribution in [3.63, 3.8) is 0 Å². The Balaban J connectivity index is 2.55. The smallest absolute Gasteiger partial charge is 0.120 e. The highest BCUT2D eigenvalue weighted by atomic mass is 35.5. The summed E-state index contributed by atoms with van der Waals surface area (Å²) in [6, 6.07) is 5.61. The molecule has 4 heteroatoms. The molecule has 0 heterocycles. The average Bonchev–Trinajstić information content (AvgIpc) is 2.28. The van der Waals surface area contributed by atoms with E-state index in [4.69, 9.17) is 11.6 Å². The highest BCUT2D eigenvalue weighted by molar-refractivity contribution is 7.98. The fraction of sp³-hybridized carbons (Fsp3) is 0.500. The van der Waals surface area contributed by atoms with E-state index in [1.165, 1.54) is 0 Å². The van der Waals surface area contributed by atoms with Gasteiger partial charge in [-0.15, -0.1) is 0 Å². The van der Waals surface area contributed by atoms with Crippen LogP contribution in [0.15, 0.2) is 18.2 Å². The summed E-state index contributed by atoms with van der Waals surface area (Å²) < 4.78 is 0. The topological polar surface area (TPSA) is 32.3 Å². The van der Waals surface area contributed by atoms with Crippen molar-refractivity contribution in [2.75, 3.05) is 12.0 Å². The van der Waals surface area contributed by atoms with E-state index in [2.05, 4.69) is 18.5 Å². The highest BCUT2D eigenvalue weighted by Crippen LogP contribution is 2.21. The summed E-state index contributed by atoms with van der Waals surface area (Å²) in [7, 11) is 0. The zero-order chi connectivity index (χ0) is 12.0. The van der Waals surface area contributed by atoms with Crippen LogP contribution in [0.5, 0.6) is 5.75 Å². The van der Waals surface area contributed by atoms with Crippen LogP contribution in [0.4, 0.5) is 0 Å². The first kappa shape index (κ1) is 13.7. The number of halogens is 1. The molecule has 1 rings (SSSR count). The number of nitrogens with one attached hydrogen (secondary N) is 1. The number of rotatable bonds is 6. The SMILES string of the molecule is CCC(CSC)NCc1cc(Cl)ccc1O. The summed E-state index contributed by atoms with van der Waals surface area (Å²) >= 11 is 7.71. The summed E-state index contributed by atoms with van der Waals surface area (Å²) in [5.74, 6) is 1.38. The van der Waals surface area contributed by atoms with Crippen LogP contribution in [0, 0.1) is 0 Å². The molecule has 0 saturated carbocycles. The molecule has 0 bridgehead atoms. The number of aromatic hydroxyl groups is 1. The number of phenolic OH excluding ortho intramolecular Hbond substituents is 1. The molecule has 0 fully saturated rings. The van der Waals surface area contributed by atoms with Gasteiger partial charge in [0, 0.05) is 28.9 Å². The predicted molar refractivity (Wildman–Crippen MR) is 72.4 cm³/mol. The van der Waals surface area contributed by atoms with Crippen molar-refractivity contribution in [1.82, 2.24) is 5.32 Å². The quantitative estimate of drug-likeness (QED) is 0.822. The molecule has 90 valence electrons. The number of phenols is 1. The Kier molecular flexibility index (Phi) is 6.03. The largest absolute Gasteiger partial charge is 0.508 e. The molecule has 2 N–H and O–H groups in total. The van der Waals surface area contributed by atoms with E-state index in [-0.39, 0.29) is 0 Å². The van der Waals surface area contributed by atoms with Gasteiger partial charge in [0.2, 0.25) is 0 Å². The lowest BCUT2D eigenvalue weighted by Gasteiger charge is -2.16. The van der Waals surface area contributed by atoms with E-state index in [0.29, 0.717) is 23.4 Å². The Morgan fingerprint density at radius 3 is 2.88 bits per heavy atom. The van der Waals surface area contributed by atoms with E-state index in [0.717, 1.165) is 17.7 Å². The minimum absolute atomic E-state index is 0.302. The van der Waals surface area contributed by atoms with Crippen molar-refractivity contribution in [3.05, 3.63) is 28.8 Å².